The zero-order chi connectivity index (χ0) is 27.2. The van der Waals surface area contributed by atoms with E-state index in [9.17, 15) is 37.8 Å². The highest BCUT2D eigenvalue weighted by Crippen LogP contribution is 2.52. The molecule has 3 rings (SSSR count). The van der Waals surface area contributed by atoms with Gasteiger partial charge in [0.2, 0.25) is 0 Å². The molecule has 6 nitrogen and oxygen atoms in total. The fraction of sp³-hybridized carbons (Fsp3) is 0.375. The Morgan fingerprint density at radius 3 is 2.14 bits per heavy atom. The summed E-state index contributed by atoms with van der Waals surface area (Å²) in [7, 11) is 0. The van der Waals surface area contributed by atoms with Gasteiger partial charge in [0.05, 0.1) is 27.6 Å². The molecule has 0 spiro atoms. The van der Waals surface area contributed by atoms with Gasteiger partial charge in [0.25, 0.3) is 5.91 Å². The van der Waals surface area contributed by atoms with Crippen LogP contribution in [0.3, 0.4) is 0 Å². The monoisotopic (exact) mass is 565 g/mol. The van der Waals surface area contributed by atoms with Crippen molar-refractivity contribution in [3.05, 3.63) is 68.2 Å². The number of amides is 1. The van der Waals surface area contributed by atoms with Crippen molar-refractivity contribution < 1.29 is 37.8 Å². The summed E-state index contributed by atoms with van der Waals surface area (Å²) in [5, 5.41) is 20.2. The minimum Gasteiger partial charge on any atom is -0.481 e. The van der Waals surface area contributed by atoms with Crippen LogP contribution in [0.25, 0.3) is 0 Å². The largest absolute Gasteiger partial charge is 0.481 e. The average molecular weight is 567 g/mol. The lowest BCUT2D eigenvalue weighted by atomic mass is 9.83. The summed E-state index contributed by atoms with van der Waals surface area (Å²) in [5.74, 6) is -5.78. The van der Waals surface area contributed by atoms with Crippen LogP contribution in [-0.2, 0) is 15.8 Å². The van der Waals surface area contributed by atoms with E-state index in [4.69, 9.17) is 34.8 Å². The molecule has 0 aliphatic carbocycles. The topological polar surface area (TPSA) is 94.9 Å². The maximum absolute atomic E-state index is 13.9. The number of carbonyl (C=O) groups excluding carboxylic acids is 1. The Hall–Kier alpha value is -2.49. The minimum absolute atomic E-state index is 0.0186. The second-order valence-corrected chi connectivity index (χ2v) is 10.3. The van der Waals surface area contributed by atoms with E-state index in [1.54, 1.807) is 13.8 Å². The van der Waals surface area contributed by atoms with Crippen molar-refractivity contribution in [2.75, 3.05) is 0 Å². The van der Waals surface area contributed by atoms with Gasteiger partial charge in [-0.05, 0) is 60.7 Å². The van der Waals surface area contributed by atoms with E-state index in [-0.39, 0.29) is 38.5 Å². The molecule has 0 bridgehead atoms. The van der Waals surface area contributed by atoms with Crippen LogP contribution in [-0.4, -0.2) is 38.5 Å². The first-order valence-electron chi connectivity index (χ1n) is 10.7. The van der Waals surface area contributed by atoms with Gasteiger partial charge in [-0.25, -0.2) is 4.79 Å². The Morgan fingerprint density at radius 1 is 1.03 bits per heavy atom. The van der Waals surface area contributed by atoms with Crippen LogP contribution in [0.5, 0.6) is 0 Å². The third kappa shape index (κ3) is 5.14. The quantitative estimate of drug-likeness (QED) is 0.400. The molecule has 1 saturated heterocycles. The summed E-state index contributed by atoms with van der Waals surface area (Å²) >= 11 is 18.2. The molecule has 0 radical (unpaired) electrons. The third-order valence-electron chi connectivity index (χ3n) is 6.17. The lowest BCUT2D eigenvalue weighted by Crippen LogP contribution is -2.54. The maximum Gasteiger partial charge on any atom is 0.416 e. The Morgan fingerprint density at radius 2 is 1.64 bits per heavy atom. The molecule has 1 heterocycles. The van der Waals surface area contributed by atoms with Crippen molar-refractivity contribution in [3.63, 3.8) is 0 Å². The molecule has 2 aromatic rings. The van der Waals surface area contributed by atoms with Crippen molar-refractivity contribution in [1.82, 2.24) is 4.90 Å². The van der Waals surface area contributed by atoms with Crippen LogP contribution in [0.1, 0.15) is 54.2 Å². The zero-order valence-corrected chi connectivity index (χ0v) is 21.2. The van der Waals surface area contributed by atoms with Gasteiger partial charge >= 0.3 is 18.1 Å². The second-order valence-electron chi connectivity index (χ2n) is 9.07. The molecule has 0 saturated carbocycles. The molecule has 194 valence electrons. The highest BCUT2D eigenvalue weighted by Gasteiger charge is 2.61. The number of likely N-dealkylation sites (tertiary alicyclic amines) is 1. The molecule has 1 fully saturated rings. The van der Waals surface area contributed by atoms with Crippen LogP contribution in [0.2, 0.25) is 15.1 Å². The van der Waals surface area contributed by atoms with Gasteiger partial charge in [-0.15, -0.1) is 0 Å². The number of rotatable bonds is 6. The Kier molecular flexibility index (Phi) is 7.89. The second kappa shape index (κ2) is 10.1. The first-order valence-corrected chi connectivity index (χ1v) is 11.8. The predicted molar refractivity (Wildman–Crippen MR) is 127 cm³/mol. The molecule has 2 N–H and O–H groups in total. The summed E-state index contributed by atoms with van der Waals surface area (Å²) in [4.78, 5) is 39.8. The summed E-state index contributed by atoms with van der Waals surface area (Å²) < 4.78 is 40.6. The van der Waals surface area contributed by atoms with Gasteiger partial charge in [0.1, 0.15) is 5.54 Å². The van der Waals surface area contributed by atoms with E-state index in [0.29, 0.717) is 6.07 Å². The summed E-state index contributed by atoms with van der Waals surface area (Å²) in [6.07, 6.45) is -5.50. The summed E-state index contributed by atoms with van der Waals surface area (Å²) in [5.41, 5.74) is -3.61. The number of carbonyl (C=O) groups is 3. The lowest BCUT2D eigenvalue weighted by molar-refractivity contribution is -0.150. The lowest BCUT2D eigenvalue weighted by Gasteiger charge is -2.39. The van der Waals surface area contributed by atoms with Crippen LogP contribution >= 0.6 is 34.8 Å². The number of hydrogen-bond acceptors (Lipinski definition) is 3. The van der Waals surface area contributed by atoms with E-state index in [0.717, 1.165) is 17.0 Å². The molecule has 0 aromatic heterocycles. The number of carboxylic acid groups (broad SMARTS) is 2. The molecule has 2 aromatic carbocycles. The van der Waals surface area contributed by atoms with Gasteiger partial charge in [-0.1, -0.05) is 48.7 Å². The zero-order valence-electron chi connectivity index (χ0n) is 18.9. The fourth-order valence-electron chi connectivity index (χ4n) is 4.77. The van der Waals surface area contributed by atoms with E-state index in [2.05, 4.69) is 0 Å². The maximum atomic E-state index is 13.9. The number of aliphatic carboxylic acids is 2. The number of halogens is 6. The molecule has 3 unspecified atom stereocenters. The Balaban J connectivity index is 2.35. The van der Waals surface area contributed by atoms with Crippen LogP contribution in [0.15, 0.2) is 36.4 Å². The van der Waals surface area contributed by atoms with Crippen molar-refractivity contribution in [3.8, 4) is 0 Å². The molecule has 3 atom stereocenters. The fourth-order valence-corrected chi connectivity index (χ4v) is 5.30. The van der Waals surface area contributed by atoms with Crippen LogP contribution < -0.4 is 0 Å². The van der Waals surface area contributed by atoms with Gasteiger partial charge in [-0.2, -0.15) is 13.2 Å². The predicted octanol–water partition coefficient (Wildman–Crippen LogP) is 6.82. The number of alkyl halides is 3. The normalized spacial score (nSPS) is 22.2. The Labute approximate surface area is 219 Å². The highest BCUT2D eigenvalue weighted by atomic mass is 35.5. The van der Waals surface area contributed by atoms with Gasteiger partial charge in [0.15, 0.2) is 0 Å². The molecular formula is C24H21Cl3F3NO5. The smallest absolute Gasteiger partial charge is 0.416 e. The van der Waals surface area contributed by atoms with E-state index in [1.165, 1.54) is 18.2 Å². The molecular weight excluding hydrogens is 546 g/mol. The summed E-state index contributed by atoms with van der Waals surface area (Å²) in [6, 6.07) is 4.48. The SMILES string of the molecule is CC(C)CC1(C(=O)O)CC(C(=O)O)C(c2cc(C(F)(F)F)ccc2Cl)N1C(=O)c1ccc(Cl)c(Cl)c1. The molecule has 1 aliphatic rings. The number of nitrogens with zero attached hydrogens (tertiary/aromatic N) is 1. The molecule has 1 amide bonds. The van der Waals surface area contributed by atoms with E-state index < -0.39 is 53.5 Å². The van der Waals surface area contributed by atoms with Crippen molar-refractivity contribution >= 4 is 52.6 Å². The first-order chi connectivity index (χ1) is 16.6. The van der Waals surface area contributed by atoms with Crippen LogP contribution in [0.4, 0.5) is 13.2 Å². The van der Waals surface area contributed by atoms with Gasteiger partial charge < -0.3 is 15.1 Å². The molecule has 12 heteroatoms. The van der Waals surface area contributed by atoms with Crippen molar-refractivity contribution in [2.24, 2.45) is 11.8 Å². The van der Waals surface area contributed by atoms with Crippen molar-refractivity contribution in [1.29, 1.82) is 0 Å². The Bertz CT molecular complexity index is 1220. The highest BCUT2D eigenvalue weighted by molar-refractivity contribution is 6.42. The number of hydrogen-bond donors (Lipinski definition) is 2. The third-order valence-corrected chi connectivity index (χ3v) is 7.25. The van der Waals surface area contributed by atoms with Gasteiger partial charge in [0, 0.05) is 10.6 Å². The molecule has 36 heavy (non-hydrogen) atoms. The molecule has 1 aliphatic heterocycles. The minimum atomic E-state index is -4.79. The van der Waals surface area contributed by atoms with E-state index >= 15 is 0 Å². The van der Waals surface area contributed by atoms with Gasteiger partial charge in [-0.3, -0.25) is 9.59 Å². The first kappa shape index (κ1) is 28.1. The number of carboxylic acids is 2. The van der Waals surface area contributed by atoms with E-state index in [1.807, 2.05) is 0 Å². The van der Waals surface area contributed by atoms with Crippen molar-refractivity contribution in [2.45, 2.75) is 44.4 Å². The summed E-state index contributed by atoms with van der Waals surface area (Å²) in [6.45, 7) is 3.37. The van der Waals surface area contributed by atoms with Crippen LogP contribution in [0, 0.1) is 11.8 Å². The average Bonchev–Trinajstić information content (AvgIpc) is 3.10. The standard InChI is InChI=1S/C24H21Cl3F3NO5/c1-11(2)9-23(22(35)36)10-15(21(33)34)19(14-8-13(24(28,29)30)4-6-16(14)25)31(23)20(32)12-3-5-17(26)18(27)7-12/h3-8,11,15,19H,9-10H2,1-2H3,(H,33,34)(H,35,36). The number of benzene rings is 2.